The molecular weight excluding hydrogens is 440 g/mol. The number of Topliss-reactive ketones (excluding diaryl/α,β-unsaturated/α-hetero) is 1. The Labute approximate surface area is 154 Å². The van der Waals surface area contributed by atoms with Crippen LogP contribution < -0.4 is 11.5 Å². The van der Waals surface area contributed by atoms with Crippen LogP contribution in [0.2, 0.25) is 0 Å². The van der Waals surface area contributed by atoms with Gasteiger partial charge in [0.2, 0.25) is 0 Å². The first-order valence-corrected chi connectivity index (χ1v) is 8.35. The third-order valence-electron chi connectivity index (χ3n) is 3.17. The van der Waals surface area contributed by atoms with Gasteiger partial charge in [-0.2, -0.15) is 10.5 Å². The van der Waals surface area contributed by atoms with Gasteiger partial charge in [0, 0.05) is 0 Å². The minimum Gasteiger partial charge on any atom is -0.396 e. The van der Waals surface area contributed by atoms with Crippen LogP contribution in [0.5, 0.6) is 0 Å². The normalized spacial score (nSPS) is 12.7. The Morgan fingerprint density at radius 1 is 0.958 bits per heavy atom. The molecule has 2 aromatic rings. The topological polar surface area (TPSA) is 142 Å². The van der Waals surface area contributed by atoms with Crippen molar-refractivity contribution >= 4 is 49.0 Å². The molecule has 2 aromatic heterocycles. The number of alkyl halides is 2. The number of carbonyl (C=O) groups excluding carboxylic acids is 1. The molecule has 24 heavy (non-hydrogen) atoms. The van der Waals surface area contributed by atoms with Gasteiger partial charge in [0.25, 0.3) is 0 Å². The van der Waals surface area contributed by atoms with E-state index in [1.54, 1.807) is 0 Å². The Bertz CT molecular complexity index is 815. The van der Waals surface area contributed by atoms with Crippen LogP contribution in [0.1, 0.15) is 32.2 Å². The highest BCUT2D eigenvalue weighted by molar-refractivity contribution is 9.10. The van der Waals surface area contributed by atoms with Gasteiger partial charge >= 0.3 is 0 Å². The van der Waals surface area contributed by atoms with E-state index >= 15 is 0 Å². The van der Waals surface area contributed by atoms with E-state index in [0.29, 0.717) is 11.4 Å². The van der Waals surface area contributed by atoms with Gasteiger partial charge in [-0.3, -0.25) is 14.8 Å². The fourth-order valence-corrected chi connectivity index (χ4v) is 3.24. The van der Waals surface area contributed by atoms with Gasteiger partial charge in [-0.05, 0) is 12.1 Å². The maximum Gasteiger partial charge on any atom is 0.172 e. The first-order valence-electron chi connectivity index (χ1n) is 6.52. The quantitative estimate of drug-likeness (QED) is 0.682. The average Bonchev–Trinajstić information content (AvgIpc) is 2.60. The summed E-state index contributed by atoms with van der Waals surface area (Å²) in [5.41, 5.74) is 12.9. The number of rotatable bonds is 4. The summed E-state index contributed by atoms with van der Waals surface area (Å²) in [5, 5.41) is 18.0. The second-order valence-corrected chi connectivity index (χ2v) is 6.58. The number of halogens is 2. The molecule has 120 valence electrons. The molecule has 0 amide bonds. The highest BCUT2D eigenvalue weighted by atomic mass is 79.9. The van der Waals surface area contributed by atoms with E-state index in [0.717, 1.165) is 0 Å². The lowest BCUT2D eigenvalue weighted by Crippen LogP contribution is -2.15. The smallest absolute Gasteiger partial charge is 0.172 e. The molecule has 0 radical (unpaired) electrons. The van der Waals surface area contributed by atoms with Crippen molar-refractivity contribution in [1.82, 2.24) is 9.97 Å². The molecule has 0 aliphatic rings. The van der Waals surface area contributed by atoms with Crippen molar-refractivity contribution in [3.63, 3.8) is 0 Å². The predicted molar refractivity (Wildman–Crippen MR) is 95.1 cm³/mol. The van der Waals surface area contributed by atoms with Gasteiger partial charge in [-0.1, -0.05) is 31.9 Å². The van der Waals surface area contributed by atoms with Gasteiger partial charge in [0.1, 0.15) is 21.8 Å². The monoisotopic (exact) mass is 448 g/mol. The summed E-state index contributed by atoms with van der Waals surface area (Å²) in [6.45, 7) is 0. The summed E-state index contributed by atoms with van der Waals surface area (Å²) in [4.78, 5) is 19.2. The zero-order valence-corrected chi connectivity index (χ0v) is 15.2. The van der Waals surface area contributed by atoms with Crippen molar-refractivity contribution in [3.8, 4) is 12.1 Å². The van der Waals surface area contributed by atoms with E-state index in [1.165, 1.54) is 24.5 Å². The van der Waals surface area contributed by atoms with Crippen LogP contribution in [-0.4, -0.2) is 15.8 Å². The lowest BCUT2D eigenvalue weighted by atomic mass is 10.1. The summed E-state index contributed by atoms with van der Waals surface area (Å²) in [7, 11) is 0. The van der Waals surface area contributed by atoms with Crippen molar-refractivity contribution in [2.45, 2.75) is 9.65 Å². The average molecular weight is 450 g/mol. The molecule has 0 spiro atoms. The summed E-state index contributed by atoms with van der Waals surface area (Å²) in [6.07, 6.45) is 2.65. The SMILES string of the molecule is N#Cc1cc(C(Br)C(=O)C(Br)c2cc(C#N)c(N)cn2)ncc1N. The Hall–Kier alpha value is -2.49. The molecule has 2 rings (SSSR count). The maximum absolute atomic E-state index is 12.6. The van der Waals surface area contributed by atoms with Crippen molar-refractivity contribution in [2.75, 3.05) is 11.5 Å². The van der Waals surface area contributed by atoms with E-state index < -0.39 is 9.65 Å². The Kier molecular flexibility index (Phi) is 5.50. The van der Waals surface area contributed by atoms with E-state index in [2.05, 4.69) is 41.8 Å². The van der Waals surface area contributed by atoms with Crippen LogP contribution in [0.15, 0.2) is 24.5 Å². The summed E-state index contributed by atoms with van der Waals surface area (Å²) in [5.74, 6) is -0.294. The molecule has 0 aromatic carbocycles. The number of hydrogen-bond donors (Lipinski definition) is 2. The molecule has 0 saturated carbocycles. The van der Waals surface area contributed by atoms with Gasteiger partial charge in [-0.25, -0.2) is 0 Å². The highest BCUT2D eigenvalue weighted by Gasteiger charge is 2.28. The van der Waals surface area contributed by atoms with Gasteiger partial charge < -0.3 is 11.5 Å². The largest absolute Gasteiger partial charge is 0.396 e. The van der Waals surface area contributed by atoms with Crippen molar-refractivity contribution in [2.24, 2.45) is 0 Å². The number of nitrogens with two attached hydrogens (primary N) is 2. The maximum atomic E-state index is 12.6. The lowest BCUT2D eigenvalue weighted by Gasteiger charge is -2.14. The molecule has 7 nitrogen and oxygen atoms in total. The van der Waals surface area contributed by atoms with Gasteiger partial charge in [-0.15, -0.1) is 0 Å². The first kappa shape index (κ1) is 17.9. The standard InChI is InChI=1S/C15H10Br2N6O/c16-13(11-1-7(3-18)9(20)5-22-11)15(24)14(17)12-2-8(4-19)10(21)6-23-12/h1-2,5-6,13-14H,20-21H2. The molecule has 2 atom stereocenters. The fourth-order valence-electron chi connectivity index (χ4n) is 1.86. The fraction of sp³-hybridized carbons (Fsp3) is 0.133. The Morgan fingerprint density at radius 2 is 1.33 bits per heavy atom. The molecule has 4 N–H and O–H groups in total. The summed E-state index contributed by atoms with van der Waals surface area (Å²) in [6, 6.07) is 6.78. The van der Waals surface area contributed by atoms with E-state index in [4.69, 9.17) is 22.0 Å². The minimum atomic E-state index is -0.778. The summed E-state index contributed by atoms with van der Waals surface area (Å²) < 4.78 is 0. The third-order valence-corrected chi connectivity index (χ3v) is 5.01. The molecule has 2 unspecified atom stereocenters. The number of nitrogen functional groups attached to an aromatic ring is 2. The molecular formula is C15H10Br2N6O. The Balaban J connectivity index is 2.31. The Morgan fingerprint density at radius 3 is 1.67 bits per heavy atom. The molecule has 0 bridgehead atoms. The van der Waals surface area contributed by atoms with Crippen molar-refractivity contribution < 1.29 is 4.79 Å². The van der Waals surface area contributed by atoms with E-state index in [1.807, 2.05) is 12.1 Å². The van der Waals surface area contributed by atoms with Crippen LogP contribution in [0.4, 0.5) is 11.4 Å². The number of aromatic nitrogens is 2. The zero-order chi connectivity index (χ0) is 17.9. The molecule has 0 aliphatic heterocycles. The van der Waals surface area contributed by atoms with Crippen molar-refractivity contribution in [3.05, 3.63) is 47.0 Å². The number of pyridine rings is 2. The first-order chi connectivity index (χ1) is 11.4. The van der Waals surface area contributed by atoms with Crippen LogP contribution >= 0.6 is 31.9 Å². The number of nitriles is 2. The number of carbonyl (C=O) groups is 1. The second kappa shape index (κ2) is 7.39. The lowest BCUT2D eigenvalue weighted by molar-refractivity contribution is -0.118. The highest BCUT2D eigenvalue weighted by Crippen LogP contribution is 2.34. The van der Waals surface area contributed by atoms with Gasteiger partial charge in [0.05, 0.1) is 46.3 Å². The summed E-state index contributed by atoms with van der Waals surface area (Å²) >= 11 is 6.56. The molecule has 2 heterocycles. The second-order valence-electron chi connectivity index (χ2n) is 4.74. The number of hydrogen-bond acceptors (Lipinski definition) is 7. The van der Waals surface area contributed by atoms with E-state index in [9.17, 15) is 4.79 Å². The molecule has 0 fully saturated rings. The minimum absolute atomic E-state index is 0.237. The van der Waals surface area contributed by atoms with Crippen molar-refractivity contribution in [1.29, 1.82) is 10.5 Å². The van der Waals surface area contributed by atoms with E-state index in [-0.39, 0.29) is 28.3 Å². The van der Waals surface area contributed by atoms with Crippen LogP contribution in [0.3, 0.4) is 0 Å². The van der Waals surface area contributed by atoms with Crippen LogP contribution in [-0.2, 0) is 4.79 Å². The molecule has 9 heteroatoms. The van der Waals surface area contributed by atoms with Crippen LogP contribution in [0.25, 0.3) is 0 Å². The van der Waals surface area contributed by atoms with Gasteiger partial charge in [0.15, 0.2) is 5.78 Å². The molecule has 0 saturated heterocycles. The predicted octanol–water partition coefficient (Wildman–Crippen LogP) is 2.53. The number of anilines is 2. The molecule has 0 aliphatic carbocycles. The number of ketones is 1. The zero-order valence-electron chi connectivity index (χ0n) is 12.1. The third kappa shape index (κ3) is 3.53. The van der Waals surface area contributed by atoms with Crippen LogP contribution in [0, 0.1) is 22.7 Å². The number of nitrogens with zero attached hydrogens (tertiary/aromatic N) is 4.